The first-order chi connectivity index (χ1) is 11.1. The van der Waals surface area contributed by atoms with E-state index in [0.717, 1.165) is 19.4 Å². The number of allylic oxidation sites excluding steroid dienone is 1. The van der Waals surface area contributed by atoms with E-state index < -0.39 is 0 Å². The van der Waals surface area contributed by atoms with Gasteiger partial charge in [-0.3, -0.25) is 9.59 Å². The first kappa shape index (κ1) is 17.5. The maximum absolute atomic E-state index is 12.2. The highest BCUT2D eigenvalue weighted by Gasteiger charge is 2.23. The van der Waals surface area contributed by atoms with Gasteiger partial charge in [-0.15, -0.1) is 6.58 Å². The lowest BCUT2D eigenvalue weighted by Gasteiger charge is -2.33. The van der Waals surface area contributed by atoms with E-state index in [2.05, 4.69) is 11.9 Å². The predicted octanol–water partition coefficient (Wildman–Crippen LogP) is 3.27. The summed E-state index contributed by atoms with van der Waals surface area (Å²) in [4.78, 5) is 26.2. The van der Waals surface area contributed by atoms with Crippen LogP contribution in [-0.4, -0.2) is 36.3 Å². The summed E-state index contributed by atoms with van der Waals surface area (Å²) in [5.74, 6) is 0.306. The summed E-state index contributed by atoms with van der Waals surface area (Å²) in [5.41, 5.74) is 0.490. The van der Waals surface area contributed by atoms with Gasteiger partial charge < -0.3 is 10.2 Å². The minimum absolute atomic E-state index is 0.161. The number of likely N-dealkylation sites (tertiary alicyclic amines) is 1. The Kier molecular flexibility index (Phi) is 6.66. The van der Waals surface area contributed by atoms with Crippen molar-refractivity contribution in [1.29, 1.82) is 0 Å². The van der Waals surface area contributed by atoms with Crippen molar-refractivity contribution < 1.29 is 9.59 Å². The monoisotopic (exact) mass is 334 g/mol. The minimum Gasteiger partial charge on any atom is -0.352 e. The molecule has 1 saturated heterocycles. The average molecular weight is 335 g/mol. The Balaban J connectivity index is 1.83. The number of benzene rings is 1. The number of carbonyl (C=O) groups excluding carboxylic acids is 2. The fraction of sp³-hybridized carbons (Fsp3) is 0.444. The molecule has 0 radical (unpaired) electrons. The average Bonchev–Trinajstić information content (AvgIpc) is 2.58. The fourth-order valence-electron chi connectivity index (χ4n) is 2.82. The lowest BCUT2D eigenvalue weighted by molar-refractivity contribution is -0.132. The van der Waals surface area contributed by atoms with Crippen LogP contribution in [0.4, 0.5) is 0 Å². The van der Waals surface area contributed by atoms with E-state index in [-0.39, 0.29) is 11.8 Å². The van der Waals surface area contributed by atoms with Crippen LogP contribution in [0.2, 0.25) is 5.02 Å². The Morgan fingerprint density at radius 2 is 2.17 bits per heavy atom. The molecule has 0 aliphatic carbocycles. The number of halogens is 1. The molecule has 1 aliphatic heterocycles. The van der Waals surface area contributed by atoms with Gasteiger partial charge in [0.25, 0.3) is 5.91 Å². The molecular formula is C18H23ClN2O2. The molecule has 1 aliphatic rings. The van der Waals surface area contributed by atoms with Gasteiger partial charge in [0, 0.05) is 26.1 Å². The fourth-order valence-corrected chi connectivity index (χ4v) is 3.04. The van der Waals surface area contributed by atoms with Crippen LogP contribution in [0.15, 0.2) is 36.9 Å². The van der Waals surface area contributed by atoms with E-state index in [1.54, 1.807) is 30.3 Å². The third kappa shape index (κ3) is 5.10. The van der Waals surface area contributed by atoms with Crippen molar-refractivity contribution in [1.82, 2.24) is 10.2 Å². The van der Waals surface area contributed by atoms with Crippen LogP contribution in [0.25, 0.3) is 0 Å². The smallest absolute Gasteiger partial charge is 0.252 e. The Morgan fingerprint density at radius 1 is 1.39 bits per heavy atom. The molecule has 5 heteroatoms. The molecule has 2 amide bonds. The molecule has 1 fully saturated rings. The summed E-state index contributed by atoms with van der Waals surface area (Å²) < 4.78 is 0. The van der Waals surface area contributed by atoms with Gasteiger partial charge in [0.2, 0.25) is 5.91 Å². The first-order valence-corrected chi connectivity index (χ1v) is 8.41. The molecular weight excluding hydrogens is 312 g/mol. The molecule has 124 valence electrons. The van der Waals surface area contributed by atoms with Gasteiger partial charge in [-0.25, -0.2) is 0 Å². The van der Waals surface area contributed by atoms with Crippen LogP contribution < -0.4 is 5.32 Å². The molecule has 0 unspecified atom stereocenters. The Labute approximate surface area is 142 Å². The second kappa shape index (κ2) is 8.73. The number of hydrogen-bond donors (Lipinski definition) is 1. The van der Waals surface area contributed by atoms with Crippen LogP contribution in [0.1, 0.15) is 36.0 Å². The Bertz CT molecular complexity index is 574. The van der Waals surface area contributed by atoms with E-state index in [0.29, 0.717) is 42.4 Å². The molecule has 23 heavy (non-hydrogen) atoms. The molecule has 0 spiro atoms. The SMILES string of the molecule is C=CCCC(=O)N1CCC[C@@H](CNC(=O)c2ccccc2Cl)C1. The van der Waals surface area contributed by atoms with E-state index in [9.17, 15) is 9.59 Å². The molecule has 1 aromatic rings. The number of carbonyl (C=O) groups is 2. The number of hydrogen-bond acceptors (Lipinski definition) is 2. The zero-order chi connectivity index (χ0) is 16.7. The molecule has 1 aromatic carbocycles. The van der Waals surface area contributed by atoms with Crippen molar-refractivity contribution in [3.05, 3.63) is 47.5 Å². The largest absolute Gasteiger partial charge is 0.352 e. The third-order valence-electron chi connectivity index (χ3n) is 4.10. The summed E-state index contributed by atoms with van der Waals surface area (Å²) >= 11 is 6.03. The third-order valence-corrected chi connectivity index (χ3v) is 4.43. The highest BCUT2D eigenvalue weighted by Crippen LogP contribution is 2.18. The van der Waals surface area contributed by atoms with Crippen molar-refractivity contribution in [2.45, 2.75) is 25.7 Å². The summed E-state index contributed by atoms with van der Waals surface area (Å²) in [6, 6.07) is 7.01. The number of piperidine rings is 1. The van der Waals surface area contributed by atoms with Crippen molar-refractivity contribution in [3.63, 3.8) is 0 Å². The van der Waals surface area contributed by atoms with Crippen LogP contribution in [0.3, 0.4) is 0 Å². The molecule has 1 atom stereocenters. The summed E-state index contributed by atoms with van der Waals surface area (Å²) in [6.07, 6.45) is 5.00. The van der Waals surface area contributed by atoms with Crippen molar-refractivity contribution in [2.24, 2.45) is 5.92 Å². The molecule has 4 nitrogen and oxygen atoms in total. The van der Waals surface area contributed by atoms with E-state index in [1.165, 1.54) is 0 Å². The normalized spacial score (nSPS) is 17.6. The van der Waals surface area contributed by atoms with Crippen molar-refractivity contribution >= 4 is 23.4 Å². The van der Waals surface area contributed by atoms with Crippen LogP contribution >= 0.6 is 11.6 Å². The van der Waals surface area contributed by atoms with Gasteiger partial charge in [-0.2, -0.15) is 0 Å². The summed E-state index contributed by atoms with van der Waals surface area (Å²) in [5, 5.41) is 3.39. The second-order valence-corrected chi connectivity index (χ2v) is 6.27. The Morgan fingerprint density at radius 3 is 2.91 bits per heavy atom. The van der Waals surface area contributed by atoms with Crippen molar-refractivity contribution in [2.75, 3.05) is 19.6 Å². The van der Waals surface area contributed by atoms with E-state index in [1.807, 2.05) is 4.90 Å². The van der Waals surface area contributed by atoms with E-state index >= 15 is 0 Å². The topological polar surface area (TPSA) is 49.4 Å². The lowest BCUT2D eigenvalue weighted by atomic mass is 9.97. The Hall–Kier alpha value is -1.81. The van der Waals surface area contributed by atoms with Crippen molar-refractivity contribution in [3.8, 4) is 0 Å². The lowest BCUT2D eigenvalue weighted by Crippen LogP contribution is -2.43. The molecule has 1 heterocycles. The quantitative estimate of drug-likeness (QED) is 0.812. The highest BCUT2D eigenvalue weighted by molar-refractivity contribution is 6.33. The molecule has 0 bridgehead atoms. The van der Waals surface area contributed by atoms with E-state index in [4.69, 9.17) is 11.6 Å². The first-order valence-electron chi connectivity index (χ1n) is 8.03. The van der Waals surface area contributed by atoms with Gasteiger partial charge in [-0.05, 0) is 37.3 Å². The maximum Gasteiger partial charge on any atom is 0.252 e. The van der Waals surface area contributed by atoms with Crippen LogP contribution in [0, 0.1) is 5.92 Å². The van der Waals surface area contributed by atoms with Gasteiger partial charge >= 0.3 is 0 Å². The zero-order valence-electron chi connectivity index (χ0n) is 13.3. The predicted molar refractivity (Wildman–Crippen MR) is 92.5 cm³/mol. The zero-order valence-corrected chi connectivity index (χ0v) is 14.0. The van der Waals surface area contributed by atoms with Gasteiger partial charge in [0.1, 0.15) is 0 Å². The standard InChI is InChI=1S/C18H23ClN2O2/c1-2-3-10-17(22)21-11-6-7-14(13-21)12-20-18(23)15-8-4-5-9-16(15)19/h2,4-5,8-9,14H,1,3,6-7,10-13H2,(H,20,23)/t14-/m0/s1. The number of amides is 2. The number of nitrogens with zero attached hydrogens (tertiary/aromatic N) is 1. The number of nitrogens with one attached hydrogen (secondary N) is 1. The van der Waals surface area contributed by atoms with Crippen LogP contribution in [-0.2, 0) is 4.79 Å². The molecule has 2 rings (SSSR count). The minimum atomic E-state index is -0.161. The highest BCUT2D eigenvalue weighted by atomic mass is 35.5. The maximum atomic E-state index is 12.2. The van der Waals surface area contributed by atoms with Crippen LogP contribution in [0.5, 0.6) is 0 Å². The molecule has 0 aromatic heterocycles. The molecule has 1 N–H and O–H groups in total. The second-order valence-electron chi connectivity index (χ2n) is 5.87. The number of rotatable bonds is 6. The van der Waals surface area contributed by atoms with Gasteiger partial charge in [-0.1, -0.05) is 29.8 Å². The van der Waals surface area contributed by atoms with Gasteiger partial charge in [0.15, 0.2) is 0 Å². The summed E-state index contributed by atoms with van der Waals surface area (Å²) in [7, 11) is 0. The summed E-state index contributed by atoms with van der Waals surface area (Å²) in [6.45, 7) is 5.73. The molecule has 0 saturated carbocycles. The van der Waals surface area contributed by atoms with Gasteiger partial charge in [0.05, 0.1) is 10.6 Å².